The number of ether oxygens (including phenoxy) is 1. The number of rotatable bonds is 3. The van der Waals surface area contributed by atoms with Crippen LogP contribution in [0.4, 0.5) is 0 Å². The first-order valence-electron chi connectivity index (χ1n) is 4.83. The third-order valence-corrected chi connectivity index (χ3v) is 2.08. The quantitative estimate of drug-likeness (QED) is 0.679. The van der Waals surface area contributed by atoms with Crippen LogP contribution in [0.25, 0.3) is 5.76 Å². The monoisotopic (exact) mass is 196 g/mol. The molecule has 2 aromatic carbocycles. The zero-order valence-electron chi connectivity index (χ0n) is 8.39. The van der Waals surface area contributed by atoms with Crippen LogP contribution in [0.15, 0.2) is 67.2 Å². The predicted octanol–water partition coefficient (Wildman–Crippen LogP) is 3.74. The molecule has 74 valence electrons. The van der Waals surface area contributed by atoms with Crippen molar-refractivity contribution >= 4 is 5.76 Å². The van der Waals surface area contributed by atoms with Crippen LogP contribution >= 0.6 is 0 Å². The van der Waals surface area contributed by atoms with Gasteiger partial charge in [-0.25, -0.2) is 0 Å². The summed E-state index contributed by atoms with van der Waals surface area (Å²) in [5, 5.41) is 0. The van der Waals surface area contributed by atoms with Crippen molar-refractivity contribution in [2.24, 2.45) is 0 Å². The molecule has 0 aliphatic carbocycles. The lowest BCUT2D eigenvalue weighted by Gasteiger charge is -2.08. The number of para-hydroxylation sites is 1. The van der Waals surface area contributed by atoms with E-state index < -0.39 is 0 Å². The van der Waals surface area contributed by atoms with Gasteiger partial charge in [0.15, 0.2) is 0 Å². The van der Waals surface area contributed by atoms with Crippen LogP contribution in [0.5, 0.6) is 5.75 Å². The standard InChI is InChI=1S/C14H12O/c1-12(13-8-4-2-5-9-13)15-14-10-6-3-7-11-14/h2-11H,1H2. The zero-order valence-corrected chi connectivity index (χ0v) is 8.39. The van der Waals surface area contributed by atoms with Gasteiger partial charge in [0.1, 0.15) is 11.5 Å². The average molecular weight is 196 g/mol. The fourth-order valence-electron chi connectivity index (χ4n) is 1.31. The normalized spacial score (nSPS) is 9.60. The second-order valence-corrected chi connectivity index (χ2v) is 3.20. The first-order chi connectivity index (χ1) is 7.36. The highest BCUT2D eigenvalue weighted by atomic mass is 16.5. The van der Waals surface area contributed by atoms with E-state index in [4.69, 9.17) is 4.74 Å². The van der Waals surface area contributed by atoms with E-state index in [9.17, 15) is 0 Å². The van der Waals surface area contributed by atoms with Crippen molar-refractivity contribution in [2.45, 2.75) is 0 Å². The van der Waals surface area contributed by atoms with Gasteiger partial charge in [0, 0.05) is 5.56 Å². The SMILES string of the molecule is C=C(Oc1ccccc1)c1ccccc1. The van der Waals surface area contributed by atoms with Gasteiger partial charge >= 0.3 is 0 Å². The van der Waals surface area contributed by atoms with E-state index >= 15 is 0 Å². The minimum absolute atomic E-state index is 0.668. The van der Waals surface area contributed by atoms with E-state index in [1.807, 2.05) is 60.7 Å². The van der Waals surface area contributed by atoms with Gasteiger partial charge in [-0.05, 0) is 12.1 Å². The molecule has 0 saturated heterocycles. The fourth-order valence-corrected chi connectivity index (χ4v) is 1.31. The molecule has 0 aromatic heterocycles. The molecule has 1 nitrogen and oxygen atoms in total. The van der Waals surface area contributed by atoms with E-state index in [0.717, 1.165) is 11.3 Å². The summed E-state index contributed by atoms with van der Waals surface area (Å²) in [6, 6.07) is 19.5. The Balaban J connectivity index is 2.12. The lowest BCUT2D eigenvalue weighted by Crippen LogP contribution is -1.92. The van der Waals surface area contributed by atoms with Gasteiger partial charge < -0.3 is 4.74 Å². The first-order valence-corrected chi connectivity index (χ1v) is 4.83. The van der Waals surface area contributed by atoms with Crippen molar-refractivity contribution in [3.05, 3.63) is 72.8 Å². The second kappa shape index (κ2) is 4.47. The Bertz CT molecular complexity index is 431. The topological polar surface area (TPSA) is 9.23 Å². The minimum atomic E-state index is 0.668. The number of hydrogen-bond donors (Lipinski definition) is 0. The van der Waals surface area contributed by atoms with Crippen LogP contribution in [0, 0.1) is 0 Å². The summed E-state index contributed by atoms with van der Waals surface area (Å²) >= 11 is 0. The van der Waals surface area contributed by atoms with Crippen LogP contribution in [-0.2, 0) is 0 Å². The third kappa shape index (κ3) is 2.47. The van der Waals surface area contributed by atoms with Crippen molar-refractivity contribution in [3.63, 3.8) is 0 Å². The van der Waals surface area contributed by atoms with Gasteiger partial charge in [0.05, 0.1) is 0 Å². The molecule has 0 aliphatic rings. The maximum Gasteiger partial charge on any atom is 0.127 e. The Morgan fingerprint density at radius 3 is 1.93 bits per heavy atom. The van der Waals surface area contributed by atoms with Crippen molar-refractivity contribution in [1.29, 1.82) is 0 Å². The summed E-state index contributed by atoms with van der Waals surface area (Å²) in [5.74, 6) is 1.48. The van der Waals surface area contributed by atoms with Gasteiger partial charge in [-0.15, -0.1) is 0 Å². The molecule has 0 unspecified atom stereocenters. The molecule has 0 amide bonds. The highest BCUT2D eigenvalue weighted by Gasteiger charge is 1.99. The molecule has 0 N–H and O–H groups in total. The Labute approximate surface area is 89.6 Å². The van der Waals surface area contributed by atoms with E-state index in [-0.39, 0.29) is 0 Å². The van der Waals surface area contributed by atoms with Gasteiger partial charge in [-0.2, -0.15) is 0 Å². The molecule has 15 heavy (non-hydrogen) atoms. The molecule has 0 atom stereocenters. The van der Waals surface area contributed by atoms with Crippen LogP contribution in [0.2, 0.25) is 0 Å². The maximum absolute atomic E-state index is 5.61. The summed E-state index contributed by atoms with van der Waals surface area (Å²) in [4.78, 5) is 0. The predicted molar refractivity (Wildman–Crippen MR) is 62.5 cm³/mol. The van der Waals surface area contributed by atoms with Gasteiger partial charge in [-0.3, -0.25) is 0 Å². The van der Waals surface area contributed by atoms with E-state index in [1.165, 1.54) is 0 Å². The largest absolute Gasteiger partial charge is 0.457 e. The van der Waals surface area contributed by atoms with Gasteiger partial charge in [0.25, 0.3) is 0 Å². The van der Waals surface area contributed by atoms with Gasteiger partial charge in [-0.1, -0.05) is 55.1 Å². The Morgan fingerprint density at radius 2 is 1.33 bits per heavy atom. The molecule has 0 spiro atoms. The Morgan fingerprint density at radius 1 is 0.800 bits per heavy atom. The molecule has 0 heterocycles. The van der Waals surface area contributed by atoms with Crippen molar-refractivity contribution in [1.82, 2.24) is 0 Å². The summed E-state index contributed by atoms with van der Waals surface area (Å²) < 4.78 is 5.61. The van der Waals surface area contributed by atoms with Crippen LogP contribution in [-0.4, -0.2) is 0 Å². The first kappa shape index (κ1) is 9.53. The fraction of sp³-hybridized carbons (Fsp3) is 0. The smallest absolute Gasteiger partial charge is 0.127 e. The van der Waals surface area contributed by atoms with Gasteiger partial charge in [0.2, 0.25) is 0 Å². The van der Waals surface area contributed by atoms with Crippen molar-refractivity contribution < 1.29 is 4.74 Å². The molecule has 0 bridgehead atoms. The van der Waals surface area contributed by atoms with E-state index in [2.05, 4.69) is 6.58 Å². The zero-order chi connectivity index (χ0) is 10.5. The van der Waals surface area contributed by atoms with Crippen LogP contribution in [0.1, 0.15) is 5.56 Å². The Hall–Kier alpha value is -2.02. The highest BCUT2D eigenvalue weighted by Crippen LogP contribution is 2.18. The molecule has 0 aliphatic heterocycles. The molecule has 0 radical (unpaired) electrons. The third-order valence-electron chi connectivity index (χ3n) is 2.08. The minimum Gasteiger partial charge on any atom is -0.457 e. The number of hydrogen-bond acceptors (Lipinski definition) is 1. The molecular weight excluding hydrogens is 184 g/mol. The molecule has 0 fully saturated rings. The molecule has 2 aromatic rings. The maximum atomic E-state index is 5.61. The summed E-state index contributed by atoms with van der Waals surface area (Å²) in [7, 11) is 0. The van der Waals surface area contributed by atoms with E-state index in [0.29, 0.717) is 5.76 Å². The summed E-state index contributed by atoms with van der Waals surface area (Å²) in [5.41, 5.74) is 1.00. The van der Waals surface area contributed by atoms with Crippen molar-refractivity contribution in [2.75, 3.05) is 0 Å². The summed E-state index contributed by atoms with van der Waals surface area (Å²) in [6.45, 7) is 3.90. The van der Waals surface area contributed by atoms with Crippen LogP contribution in [0.3, 0.4) is 0 Å². The molecular formula is C14H12O. The van der Waals surface area contributed by atoms with Crippen LogP contribution < -0.4 is 4.74 Å². The number of benzene rings is 2. The lowest BCUT2D eigenvalue weighted by atomic mass is 10.2. The van der Waals surface area contributed by atoms with E-state index in [1.54, 1.807) is 0 Å². The highest BCUT2D eigenvalue weighted by molar-refractivity contribution is 5.59. The van der Waals surface area contributed by atoms with Crippen molar-refractivity contribution in [3.8, 4) is 5.75 Å². The lowest BCUT2D eigenvalue weighted by molar-refractivity contribution is 0.517. The average Bonchev–Trinajstić information content (AvgIpc) is 2.31. The second-order valence-electron chi connectivity index (χ2n) is 3.20. The molecule has 0 saturated carbocycles. The Kier molecular flexibility index (Phi) is 2.84. The molecule has 1 heteroatoms. The molecule has 2 rings (SSSR count). The summed E-state index contributed by atoms with van der Waals surface area (Å²) in [6.07, 6.45) is 0.